The van der Waals surface area contributed by atoms with Crippen LogP contribution in [-0.4, -0.2) is 32.6 Å². The van der Waals surface area contributed by atoms with Crippen LogP contribution >= 0.6 is 0 Å². The second-order valence-corrected chi connectivity index (χ2v) is 1.63. The first-order valence-electron chi connectivity index (χ1n) is 2.89. The van der Waals surface area contributed by atoms with E-state index in [2.05, 4.69) is 16.0 Å². The lowest BCUT2D eigenvalue weighted by atomic mass is 10.6. The van der Waals surface area contributed by atoms with Crippen LogP contribution in [0.25, 0.3) is 0 Å². The molecule has 2 amide bonds. The van der Waals surface area contributed by atoms with Crippen molar-refractivity contribution < 1.29 is 9.59 Å². The van der Waals surface area contributed by atoms with E-state index in [0.29, 0.717) is 13.1 Å². The van der Waals surface area contributed by atoms with Crippen molar-refractivity contribution in [1.82, 2.24) is 16.0 Å². The largest absolute Gasteiger partial charge is 0.350 e. The monoisotopic (exact) mass is 145 g/mol. The fraction of sp³-hybridized carbons (Fsp3) is 0.600. The normalized spacial score (nSPS) is 8.50. The van der Waals surface area contributed by atoms with Crippen molar-refractivity contribution in [2.45, 2.75) is 0 Å². The zero-order valence-electron chi connectivity index (χ0n) is 5.81. The van der Waals surface area contributed by atoms with E-state index in [4.69, 9.17) is 0 Å². The van der Waals surface area contributed by atoms with E-state index in [9.17, 15) is 9.59 Å². The Bertz CT molecular complexity index is 115. The Kier molecular flexibility index (Phi) is 5.36. The Hall–Kier alpha value is -1.10. The Labute approximate surface area is 59.2 Å². The maximum absolute atomic E-state index is 10.6. The van der Waals surface area contributed by atoms with Gasteiger partial charge in [-0.05, 0) is 7.05 Å². The number of carbonyl (C=O) groups excluding carboxylic acids is 2. The molecule has 0 rings (SSSR count). The minimum atomic E-state index is -0.207. The first kappa shape index (κ1) is 8.90. The minimum absolute atomic E-state index is 0.0329. The van der Waals surface area contributed by atoms with Gasteiger partial charge in [0.05, 0.1) is 13.2 Å². The van der Waals surface area contributed by atoms with Gasteiger partial charge in [0.1, 0.15) is 0 Å². The standard InChI is InChI=1S/C5H11N3O2/c1-6-3-8-5(10)2-7-4-9/h4,6H,2-3H2,1H3,(H,7,9)(H,8,10). The van der Waals surface area contributed by atoms with Crippen molar-refractivity contribution in [3.05, 3.63) is 0 Å². The molecule has 0 fully saturated rings. The summed E-state index contributed by atoms with van der Waals surface area (Å²) >= 11 is 0. The molecule has 3 N–H and O–H groups in total. The molecule has 10 heavy (non-hydrogen) atoms. The molecule has 0 radical (unpaired) electrons. The van der Waals surface area contributed by atoms with Gasteiger partial charge in [0.25, 0.3) is 0 Å². The fourth-order valence-corrected chi connectivity index (χ4v) is 0.384. The summed E-state index contributed by atoms with van der Waals surface area (Å²) in [6.45, 7) is 0.449. The third-order valence-corrected chi connectivity index (χ3v) is 0.808. The summed E-state index contributed by atoms with van der Waals surface area (Å²) in [5.74, 6) is -0.207. The molecule has 0 aromatic rings. The Morgan fingerprint density at radius 2 is 2.30 bits per heavy atom. The SMILES string of the molecule is CNCNC(=O)CNC=O. The smallest absolute Gasteiger partial charge is 0.240 e. The van der Waals surface area contributed by atoms with E-state index in [0.717, 1.165) is 0 Å². The van der Waals surface area contributed by atoms with E-state index in [1.165, 1.54) is 0 Å². The van der Waals surface area contributed by atoms with Crippen molar-refractivity contribution in [3.8, 4) is 0 Å². The van der Waals surface area contributed by atoms with Crippen molar-refractivity contribution in [2.75, 3.05) is 20.3 Å². The van der Waals surface area contributed by atoms with Gasteiger partial charge < -0.3 is 16.0 Å². The first-order chi connectivity index (χ1) is 4.81. The lowest BCUT2D eigenvalue weighted by Gasteiger charge is -2.01. The topological polar surface area (TPSA) is 70.2 Å². The van der Waals surface area contributed by atoms with Gasteiger partial charge in [-0.3, -0.25) is 9.59 Å². The summed E-state index contributed by atoms with van der Waals surface area (Å²) in [5.41, 5.74) is 0. The highest BCUT2D eigenvalue weighted by atomic mass is 16.2. The molecule has 0 heterocycles. The molecular weight excluding hydrogens is 134 g/mol. The van der Waals surface area contributed by atoms with Gasteiger partial charge in [0.2, 0.25) is 12.3 Å². The number of hydrogen-bond acceptors (Lipinski definition) is 3. The molecule has 0 unspecified atom stereocenters. The number of hydrogen-bond donors (Lipinski definition) is 3. The van der Waals surface area contributed by atoms with Gasteiger partial charge in [-0.2, -0.15) is 0 Å². The molecule has 0 spiro atoms. The highest BCUT2D eigenvalue weighted by molar-refractivity contribution is 5.79. The third-order valence-electron chi connectivity index (χ3n) is 0.808. The van der Waals surface area contributed by atoms with Gasteiger partial charge in [-0.1, -0.05) is 0 Å². The summed E-state index contributed by atoms with van der Waals surface area (Å²) < 4.78 is 0. The van der Waals surface area contributed by atoms with Crippen LogP contribution in [0.5, 0.6) is 0 Å². The summed E-state index contributed by atoms with van der Waals surface area (Å²) in [7, 11) is 1.72. The van der Waals surface area contributed by atoms with Gasteiger partial charge in [0.15, 0.2) is 0 Å². The molecule has 0 aromatic carbocycles. The third kappa shape index (κ3) is 5.04. The number of amides is 2. The Balaban J connectivity index is 3.16. The molecule has 0 aliphatic rings. The zero-order chi connectivity index (χ0) is 7.82. The van der Waals surface area contributed by atoms with Gasteiger partial charge in [-0.25, -0.2) is 0 Å². The Morgan fingerprint density at radius 1 is 1.60 bits per heavy atom. The van der Waals surface area contributed by atoms with Crippen LogP contribution < -0.4 is 16.0 Å². The van der Waals surface area contributed by atoms with Gasteiger partial charge >= 0.3 is 0 Å². The average molecular weight is 145 g/mol. The van der Waals surface area contributed by atoms with E-state index < -0.39 is 0 Å². The van der Waals surface area contributed by atoms with Crippen LogP contribution in [0.15, 0.2) is 0 Å². The van der Waals surface area contributed by atoms with Crippen molar-refractivity contribution in [3.63, 3.8) is 0 Å². The average Bonchev–Trinajstić information content (AvgIpc) is 1.97. The van der Waals surface area contributed by atoms with E-state index >= 15 is 0 Å². The minimum Gasteiger partial charge on any atom is -0.350 e. The van der Waals surface area contributed by atoms with E-state index in [1.54, 1.807) is 7.05 Å². The molecule has 0 bridgehead atoms. The first-order valence-corrected chi connectivity index (χ1v) is 2.89. The van der Waals surface area contributed by atoms with Crippen LogP contribution in [0.4, 0.5) is 0 Å². The van der Waals surface area contributed by atoms with Crippen LogP contribution in [0.3, 0.4) is 0 Å². The maximum Gasteiger partial charge on any atom is 0.240 e. The highest BCUT2D eigenvalue weighted by Gasteiger charge is 1.95. The predicted molar refractivity (Wildman–Crippen MR) is 36.1 cm³/mol. The molecule has 5 nitrogen and oxygen atoms in total. The quantitative estimate of drug-likeness (QED) is 0.310. The lowest BCUT2D eigenvalue weighted by molar-refractivity contribution is -0.122. The summed E-state index contributed by atoms with van der Waals surface area (Å²) in [5, 5.41) is 7.46. The van der Waals surface area contributed by atoms with Crippen molar-refractivity contribution >= 4 is 12.3 Å². The van der Waals surface area contributed by atoms with Crippen LogP contribution in [0, 0.1) is 0 Å². The molecule has 0 atom stereocenters. The molecular formula is C5H11N3O2. The van der Waals surface area contributed by atoms with Crippen molar-refractivity contribution in [2.24, 2.45) is 0 Å². The molecule has 0 aromatic heterocycles. The molecule has 0 saturated carbocycles. The summed E-state index contributed by atoms with van der Waals surface area (Å²) in [4.78, 5) is 20.3. The lowest BCUT2D eigenvalue weighted by Crippen LogP contribution is -2.37. The highest BCUT2D eigenvalue weighted by Crippen LogP contribution is 1.57. The second kappa shape index (κ2) is 6.03. The van der Waals surface area contributed by atoms with Crippen LogP contribution in [0.1, 0.15) is 0 Å². The molecule has 0 aliphatic heterocycles. The molecule has 58 valence electrons. The molecule has 0 aliphatic carbocycles. The zero-order valence-corrected chi connectivity index (χ0v) is 5.81. The van der Waals surface area contributed by atoms with E-state index in [-0.39, 0.29) is 12.5 Å². The predicted octanol–water partition coefficient (Wildman–Crippen LogP) is -1.97. The van der Waals surface area contributed by atoms with E-state index in [1.807, 2.05) is 0 Å². The second-order valence-electron chi connectivity index (χ2n) is 1.63. The summed E-state index contributed by atoms with van der Waals surface area (Å²) in [6, 6.07) is 0. The molecule has 5 heteroatoms. The van der Waals surface area contributed by atoms with Crippen molar-refractivity contribution in [1.29, 1.82) is 0 Å². The summed E-state index contributed by atoms with van der Waals surface area (Å²) in [6.07, 6.45) is 0.485. The Morgan fingerprint density at radius 3 is 2.80 bits per heavy atom. The number of carbonyl (C=O) groups is 2. The van der Waals surface area contributed by atoms with Crippen LogP contribution in [-0.2, 0) is 9.59 Å². The number of rotatable bonds is 5. The van der Waals surface area contributed by atoms with Gasteiger partial charge in [0, 0.05) is 0 Å². The number of nitrogens with one attached hydrogen (secondary N) is 3. The maximum atomic E-state index is 10.6. The van der Waals surface area contributed by atoms with Crippen LogP contribution in [0.2, 0.25) is 0 Å². The van der Waals surface area contributed by atoms with Gasteiger partial charge in [-0.15, -0.1) is 0 Å². The molecule has 0 saturated heterocycles. The fourth-order valence-electron chi connectivity index (χ4n) is 0.384.